The van der Waals surface area contributed by atoms with E-state index in [1.54, 1.807) is 7.11 Å². The molecule has 5 nitrogen and oxygen atoms in total. The maximum atomic E-state index is 5.71. The lowest BCUT2D eigenvalue weighted by molar-refractivity contribution is 0.0105. The first kappa shape index (κ1) is 15.1. The van der Waals surface area contributed by atoms with Crippen LogP contribution in [0.15, 0.2) is 18.2 Å². The van der Waals surface area contributed by atoms with Gasteiger partial charge in [-0.3, -0.25) is 5.43 Å². The minimum absolute atomic E-state index is 0.140. The van der Waals surface area contributed by atoms with Gasteiger partial charge in [0.2, 0.25) is 0 Å². The van der Waals surface area contributed by atoms with Gasteiger partial charge < -0.3 is 14.2 Å². The van der Waals surface area contributed by atoms with Gasteiger partial charge in [-0.05, 0) is 31.5 Å². The van der Waals surface area contributed by atoms with Crippen LogP contribution in [0.2, 0.25) is 0 Å². The number of hydrogen-bond donors (Lipinski definition) is 1. The highest BCUT2D eigenvalue weighted by Gasteiger charge is 2.11. The molecule has 0 saturated carbocycles. The molecule has 0 amide bonds. The standard InChI is InChI=1S/C15H24N2O3/c1-12(2)20-14-5-4-13(10-15(14)18-3)11-16-17-6-8-19-9-7-17/h4-5,10,12,16H,6-9,11H2,1-3H3. The molecule has 0 unspecified atom stereocenters. The van der Waals surface area contributed by atoms with Crippen molar-refractivity contribution < 1.29 is 14.2 Å². The van der Waals surface area contributed by atoms with Gasteiger partial charge in [-0.25, -0.2) is 5.01 Å². The van der Waals surface area contributed by atoms with Crippen molar-refractivity contribution in [3.8, 4) is 11.5 Å². The summed E-state index contributed by atoms with van der Waals surface area (Å²) in [5.41, 5.74) is 4.58. The zero-order chi connectivity index (χ0) is 14.4. The van der Waals surface area contributed by atoms with Gasteiger partial charge in [0.05, 0.1) is 26.4 Å². The molecule has 1 fully saturated rings. The predicted molar refractivity (Wildman–Crippen MR) is 78.0 cm³/mol. The number of ether oxygens (including phenoxy) is 3. The van der Waals surface area contributed by atoms with E-state index < -0.39 is 0 Å². The third-order valence-corrected chi connectivity index (χ3v) is 3.11. The van der Waals surface area contributed by atoms with Crippen molar-refractivity contribution in [2.75, 3.05) is 33.4 Å². The molecule has 1 N–H and O–H groups in total. The number of rotatable bonds is 6. The summed E-state index contributed by atoms with van der Waals surface area (Å²) in [6, 6.07) is 6.05. The van der Waals surface area contributed by atoms with Crippen LogP contribution in [0, 0.1) is 0 Å². The quantitative estimate of drug-likeness (QED) is 0.861. The van der Waals surface area contributed by atoms with Crippen molar-refractivity contribution in [2.24, 2.45) is 0 Å². The van der Waals surface area contributed by atoms with Crippen LogP contribution >= 0.6 is 0 Å². The topological polar surface area (TPSA) is 43.0 Å². The molecule has 1 aromatic rings. The Morgan fingerprint density at radius 2 is 2.00 bits per heavy atom. The maximum absolute atomic E-state index is 5.71. The molecule has 0 aromatic heterocycles. The van der Waals surface area contributed by atoms with Gasteiger partial charge in [0.15, 0.2) is 11.5 Å². The van der Waals surface area contributed by atoms with Crippen LogP contribution in [0.1, 0.15) is 19.4 Å². The molecule has 2 rings (SSSR count). The number of nitrogens with zero attached hydrogens (tertiary/aromatic N) is 1. The average Bonchev–Trinajstić information content (AvgIpc) is 2.46. The largest absolute Gasteiger partial charge is 0.493 e. The minimum atomic E-state index is 0.140. The van der Waals surface area contributed by atoms with E-state index in [1.807, 2.05) is 26.0 Å². The fourth-order valence-electron chi connectivity index (χ4n) is 2.10. The molecule has 1 saturated heterocycles. The molecule has 5 heteroatoms. The summed E-state index contributed by atoms with van der Waals surface area (Å²) < 4.78 is 16.4. The number of nitrogens with one attached hydrogen (secondary N) is 1. The molecule has 0 aliphatic carbocycles. The van der Waals surface area contributed by atoms with Crippen molar-refractivity contribution in [1.29, 1.82) is 0 Å². The molecule has 0 bridgehead atoms. The Morgan fingerprint density at radius 3 is 2.65 bits per heavy atom. The van der Waals surface area contributed by atoms with E-state index in [-0.39, 0.29) is 6.10 Å². The Balaban J connectivity index is 1.94. The molecule has 0 radical (unpaired) electrons. The lowest BCUT2D eigenvalue weighted by atomic mass is 10.2. The fraction of sp³-hybridized carbons (Fsp3) is 0.600. The molecular formula is C15H24N2O3. The predicted octanol–water partition coefficient (Wildman–Crippen LogP) is 1.82. The highest BCUT2D eigenvalue weighted by atomic mass is 16.5. The first-order valence-corrected chi connectivity index (χ1v) is 7.09. The van der Waals surface area contributed by atoms with Crippen LogP contribution in [0.25, 0.3) is 0 Å². The van der Waals surface area contributed by atoms with E-state index in [2.05, 4.69) is 16.5 Å². The van der Waals surface area contributed by atoms with Gasteiger partial charge in [0.25, 0.3) is 0 Å². The first-order valence-electron chi connectivity index (χ1n) is 7.09. The molecule has 20 heavy (non-hydrogen) atoms. The van der Waals surface area contributed by atoms with E-state index in [1.165, 1.54) is 5.56 Å². The molecule has 1 aliphatic rings. The Bertz CT molecular complexity index is 418. The normalized spacial score (nSPS) is 16.4. The van der Waals surface area contributed by atoms with Crippen molar-refractivity contribution in [3.63, 3.8) is 0 Å². The third-order valence-electron chi connectivity index (χ3n) is 3.11. The summed E-state index contributed by atoms with van der Waals surface area (Å²) in [5.74, 6) is 1.57. The summed E-state index contributed by atoms with van der Waals surface area (Å²) in [4.78, 5) is 0. The summed E-state index contributed by atoms with van der Waals surface area (Å²) in [7, 11) is 1.67. The van der Waals surface area contributed by atoms with Crippen molar-refractivity contribution in [3.05, 3.63) is 23.8 Å². The van der Waals surface area contributed by atoms with Gasteiger partial charge in [-0.1, -0.05) is 6.07 Å². The highest BCUT2D eigenvalue weighted by Crippen LogP contribution is 2.28. The molecule has 0 spiro atoms. The van der Waals surface area contributed by atoms with E-state index in [0.29, 0.717) is 0 Å². The average molecular weight is 280 g/mol. The van der Waals surface area contributed by atoms with E-state index >= 15 is 0 Å². The van der Waals surface area contributed by atoms with E-state index in [0.717, 1.165) is 44.3 Å². The summed E-state index contributed by atoms with van der Waals surface area (Å²) in [6.07, 6.45) is 0.140. The van der Waals surface area contributed by atoms with E-state index in [4.69, 9.17) is 14.2 Å². The highest BCUT2D eigenvalue weighted by molar-refractivity contribution is 5.43. The SMILES string of the molecule is COc1cc(CNN2CCOCC2)ccc1OC(C)C. The van der Waals surface area contributed by atoms with Gasteiger partial charge in [0, 0.05) is 19.6 Å². The molecule has 1 aliphatic heterocycles. The second-order valence-electron chi connectivity index (χ2n) is 5.09. The first-order chi connectivity index (χ1) is 9.69. The van der Waals surface area contributed by atoms with Crippen LogP contribution < -0.4 is 14.9 Å². The Kier molecular flexibility index (Phi) is 5.64. The van der Waals surface area contributed by atoms with Gasteiger partial charge in [-0.2, -0.15) is 0 Å². The number of benzene rings is 1. The van der Waals surface area contributed by atoms with Crippen LogP contribution in [-0.2, 0) is 11.3 Å². The molecule has 1 aromatic carbocycles. The van der Waals surface area contributed by atoms with Crippen LogP contribution in [0.5, 0.6) is 11.5 Å². The number of morpholine rings is 1. The number of methoxy groups -OCH3 is 1. The monoisotopic (exact) mass is 280 g/mol. The third kappa shape index (κ3) is 4.37. The maximum Gasteiger partial charge on any atom is 0.161 e. The van der Waals surface area contributed by atoms with E-state index in [9.17, 15) is 0 Å². The Hall–Kier alpha value is -1.30. The molecule has 1 heterocycles. The second-order valence-corrected chi connectivity index (χ2v) is 5.09. The Morgan fingerprint density at radius 1 is 1.25 bits per heavy atom. The lowest BCUT2D eigenvalue weighted by Gasteiger charge is -2.27. The number of hydrogen-bond acceptors (Lipinski definition) is 5. The lowest BCUT2D eigenvalue weighted by Crippen LogP contribution is -2.45. The van der Waals surface area contributed by atoms with Gasteiger partial charge >= 0.3 is 0 Å². The summed E-state index contributed by atoms with van der Waals surface area (Å²) in [5, 5.41) is 2.19. The number of hydrazine groups is 1. The van der Waals surface area contributed by atoms with Crippen molar-refractivity contribution in [1.82, 2.24) is 10.4 Å². The molecule has 0 atom stereocenters. The zero-order valence-electron chi connectivity index (χ0n) is 12.5. The van der Waals surface area contributed by atoms with Gasteiger partial charge in [-0.15, -0.1) is 0 Å². The van der Waals surface area contributed by atoms with Crippen LogP contribution in [0.3, 0.4) is 0 Å². The fourth-order valence-corrected chi connectivity index (χ4v) is 2.10. The van der Waals surface area contributed by atoms with Gasteiger partial charge in [0.1, 0.15) is 0 Å². The Labute approximate surface area is 120 Å². The van der Waals surface area contributed by atoms with Crippen molar-refractivity contribution in [2.45, 2.75) is 26.5 Å². The zero-order valence-corrected chi connectivity index (χ0v) is 12.5. The smallest absolute Gasteiger partial charge is 0.161 e. The van der Waals surface area contributed by atoms with Crippen LogP contribution in [0.4, 0.5) is 0 Å². The molecular weight excluding hydrogens is 256 g/mol. The van der Waals surface area contributed by atoms with Crippen molar-refractivity contribution >= 4 is 0 Å². The van der Waals surface area contributed by atoms with Crippen LogP contribution in [-0.4, -0.2) is 44.5 Å². The second kappa shape index (κ2) is 7.47. The minimum Gasteiger partial charge on any atom is -0.493 e. The summed E-state index contributed by atoms with van der Waals surface area (Å²) in [6.45, 7) is 8.21. The molecule has 112 valence electrons. The summed E-state index contributed by atoms with van der Waals surface area (Å²) >= 11 is 0.